The lowest BCUT2D eigenvalue weighted by molar-refractivity contribution is 0.112. The number of hydrogen-bond acceptors (Lipinski definition) is 2. The Labute approximate surface area is 117 Å². The molecule has 3 aromatic carbocycles. The molecule has 1 N–H and O–H groups in total. The summed E-state index contributed by atoms with van der Waals surface area (Å²) in [5.41, 5.74) is 2.56. The van der Waals surface area contributed by atoms with E-state index < -0.39 is 0 Å². The molecule has 0 unspecified atom stereocenters. The lowest BCUT2D eigenvalue weighted by atomic mass is 9.97. The van der Waals surface area contributed by atoms with Gasteiger partial charge in [0.25, 0.3) is 0 Å². The normalized spacial score (nSPS) is 10.6. The minimum absolute atomic E-state index is 0.0293. The first kappa shape index (κ1) is 12.4. The monoisotopic (exact) mass is 262 g/mol. The summed E-state index contributed by atoms with van der Waals surface area (Å²) in [6.07, 6.45) is 1.42. The predicted molar refractivity (Wildman–Crippen MR) is 80.2 cm³/mol. The van der Waals surface area contributed by atoms with E-state index in [-0.39, 0.29) is 5.75 Å². The third kappa shape index (κ3) is 2.28. The van der Waals surface area contributed by atoms with Gasteiger partial charge in [-0.05, 0) is 40.5 Å². The van der Waals surface area contributed by atoms with E-state index in [1.54, 1.807) is 12.1 Å². The van der Waals surface area contributed by atoms with Crippen molar-refractivity contribution in [3.63, 3.8) is 0 Å². The van der Waals surface area contributed by atoms with Crippen LogP contribution in [0, 0.1) is 0 Å². The number of hydrogen-bond donors (Lipinski definition) is 1. The zero-order valence-corrected chi connectivity index (χ0v) is 10.9. The molecule has 0 saturated heterocycles. The predicted octanol–water partition coefficient (Wildman–Crippen LogP) is 3.95. The van der Waals surface area contributed by atoms with Crippen molar-refractivity contribution < 1.29 is 9.90 Å². The minimum atomic E-state index is 0.0293. The Morgan fingerprint density at radius 2 is 1.75 bits per heavy atom. The van der Waals surface area contributed by atoms with E-state index in [0.717, 1.165) is 12.0 Å². The quantitative estimate of drug-likeness (QED) is 0.726. The molecule has 2 heteroatoms. The van der Waals surface area contributed by atoms with Crippen LogP contribution in [0.2, 0.25) is 0 Å². The molecule has 0 aromatic heterocycles. The van der Waals surface area contributed by atoms with Gasteiger partial charge in [0.15, 0.2) is 6.29 Å². The van der Waals surface area contributed by atoms with E-state index in [9.17, 15) is 9.90 Å². The van der Waals surface area contributed by atoms with Crippen molar-refractivity contribution in [1.29, 1.82) is 0 Å². The highest BCUT2D eigenvalue weighted by molar-refractivity contribution is 5.86. The first-order valence-corrected chi connectivity index (χ1v) is 6.51. The standard InChI is InChI=1S/C18H14O2/c19-12-16-11-13(8-9-18(16)20)10-15-6-3-5-14-4-1-2-7-17(14)15/h1-9,11-12,20H,10H2. The van der Waals surface area contributed by atoms with Gasteiger partial charge in [-0.15, -0.1) is 0 Å². The van der Waals surface area contributed by atoms with Crippen LogP contribution in [0.25, 0.3) is 10.8 Å². The summed E-state index contributed by atoms with van der Waals surface area (Å²) in [5, 5.41) is 12.0. The van der Waals surface area contributed by atoms with Gasteiger partial charge >= 0.3 is 0 Å². The summed E-state index contributed by atoms with van der Waals surface area (Å²) in [4.78, 5) is 10.9. The number of phenolic OH excluding ortho intramolecular Hbond substituents is 1. The van der Waals surface area contributed by atoms with Gasteiger partial charge in [0, 0.05) is 0 Å². The smallest absolute Gasteiger partial charge is 0.153 e. The molecule has 2 nitrogen and oxygen atoms in total. The van der Waals surface area contributed by atoms with Crippen molar-refractivity contribution in [3.8, 4) is 5.75 Å². The van der Waals surface area contributed by atoms with Gasteiger partial charge in [-0.25, -0.2) is 0 Å². The van der Waals surface area contributed by atoms with Crippen molar-refractivity contribution in [2.24, 2.45) is 0 Å². The van der Waals surface area contributed by atoms with E-state index in [2.05, 4.69) is 24.3 Å². The largest absolute Gasteiger partial charge is 0.507 e. The Bertz CT molecular complexity index is 770. The molecule has 0 amide bonds. The molecular formula is C18H14O2. The van der Waals surface area contributed by atoms with Crippen LogP contribution in [-0.2, 0) is 6.42 Å². The highest BCUT2D eigenvalue weighted by atomic mass is 16.3. The average Bonchev–Trinajstić information content (AvgIpc) is 2.49. The maximum absolute atomic E-state index is 10.9. The Hall–Kier alpha value is -2.61. The number of carbonyl (C=O) groups excluding carboxylic acids is 1. The lowest BCUT2D eigenvalue weighted by Crippen LogP contribution is -1.92. The SMILES string of the molecule is O=Cc1cc(Cc2cccc3ccccc23)ccc1O. The Balaban J connectivity index is 2.03. The van der Waals surface area contributed by atoms with E-state index >= 15 is 0 Å². The Morgan fingerprint density at radius 1 is 0.950 bits per heavy atom. The third-order valence-corrected chi connectivity index (χ3v) is 3.49. The molecule has 3 aromatic rings. The highest BCUT2D eigenvalue weighted by Gasteiger charge is 2.05. The van der Waals surface area contributed by atoms with Crippen LogP contribution in [0.15, 0.2) is 60.7 Å². The lowest BCUT2D eigenvalue weighted by Gasteiger charge is -2.08. The number of phenols is 1. The molecule has 0 saturated carbocycles. The van der Waals surface area contributed by atoms with E-state index in [4.69, 9.17) is 0 Å². The molecule has 0 atom stereocenters. The summed E-state index contributed by atoms with van der Waals surface area (Å²) in [7, 11) is 0. The van der Waals surface area contributed by atoms with Crippen molar-refractivity contribution >= 4 is 17.1 Å². The van der Waals surface area contributed by atoms with Gasteiger partial charge < -0.3 is 5.11 Å². The minimum Gasteiger partial charge on any atom is -0.507 e. The second kappa shape index (κ2) is 5.17. The van der Waals surface area contributed by atoms with Crippen LogP contribution in [0.5, 0.6) is 5.75 Å². The number of aldehydes is 1. The zero-order valence-electron chi connectivity index (χ0n) is 10.9. The van der Waals surface area contributed by atoms with Crippen molar-refractivity contribution in [2.45, 2.75) is 6.42 Å². The summed E-state index contributed by atoms with van der Waals surface area (Å²) in [5.74, 6) is 0.0293. The topological polar surface area (TPSA) is 37.3 Å². The molecule has 0 radical (unpaired) electrons. The van der Waals surface area contributed by atoms with E-state index in [1.807, 2.05) is 24.3 Å². The fraction of sp³-hybridized carbons (Fsp3) is 0.0556. The van der Waals surface area contributed by atoms with Gasteiger partial charge in [0.2, 0.25) is 0 Å². The van der Waals surface area contributed by atoms with E-state index in [0.29, 0.717) is 11.8 Å². The number of fused-ring (bicyclic) bond motifs is 1. The Morgan fingerprint density at radius 3 is 2.60 bits per heavy atom. The van der Waals surface area contributed by atoms with Gasteiger partial charge in [0.05, 0.1) is 5.56 Å². The molecule has 0 fully saturated rings. The molecule has 3 rings (SSSR count). The first-order chi connectivity index (χ1) is 9.78. The van der Waals surface area contributed by atoms with Crippen molar-refractivity contribution in [3.05, 3.63) is 77.4 Å². The van der Waals surface area contributed by atoms with Gasteiger partial charge in [0.1, 0.15) is 5.75 Å². The molecule has 0 aliphatic rings. The maximum Gasteiger partial charge on any atom is 0.153 e. The summed E-state index contributed by atoms with van der Waals surface area (Å²) >= 11 is 0. The van der Waals surface area contributed by atoms with Gasteiger partial charge in [-0.3, -0.25) is 4.79 Å². The summed E-state index contributed by atoms with van der Waals surface area (Å²) < 4.78 is 0. The third-order valence-electron chi connectivity index (χ3n) is 3.49. The first-order valence-electron chi connectivity index (χ1n) is 6.51. The number of carbonyl (C=O) groups is 1. The Kier molecular flexibility index (Phi) is 3.21. The molecule has 0 bridgehead atoms. The summed E-state index contributed by atoms with van der Waals surface area (Å²) in [6, 6.07) is 19.6. The van der Waals surface area contributed by atoms with Crippen LogP contribution < -0.4 is 0 Å². The fourth-order valence-corrected chi connectivity index (χ4v) is 2.47. The average molecular weight is 262 g/mol. The fourth-order valence-electron chi connectivity index (χ4n) is 2.47. The van der Waals surface area contributed by atoms with Crippen LogP contribution in [0.4, 0.5) is 0 Å². The molecule has 0 aliphatic heterocycles. The number of aromatic hydroxyl groups is 1. The second-order valence-corrected chi connectivity index (χ2v) is 4.83. The van der Waals surface area contributed by atoms with Gasteiger partial charge in [-0.1, -0.05) is 48.5 Å². The van der Waals surface area contributed by atoms with E-state index in [1.165, 1.54) is 16.3 Å². The highest BCUT2D eigenvalue weighted by Crippen LogP contribution is 2.23. The number of rotatable bonds is 3. The number of benzene rings is 3. The molecule has 0 spiro atoms. The molecular weight excluding hydrogens is 248 g/mol. The molecule has 98 valence electrons. The van der Waals surface area contributed by atoms with Crippen LogP contribution >= 0.6 is 0 Å². The maximum atomic E-state index is 10.9. The molecule has 0 aliphatic carbocycles. The van der Waals surface area contributed by atoms with Gasteiger partial charge in [-0.2, -0.15) is 0 Å². The summed E-state index contributed by atoms with van der Waals surface area (Å²) in [6.45, 7) is 0. The second-order valence-electron chi connectivity index (χ2n) is 4.83. The van der Waals surface area contributed by atoms with Crippen LogP contribution in [-0.4, -0.2) is 11.4 Å². The van der Waals surface area contributed by atoms with Crippen molar-refractivity contribution in [1.82, 2.24) is 0 Å². The van der Waals surface area contributed by atoms with Crippen LogP contribution in [0.1, 0.15) is 21.5 Å². The zero-order chi connectivity index (χ0) is 13.9. The van der Waals surface area contributed by atoms with Crippen molar-refractivity contribution in [2.75, 3.05) is 0 Å². The van der Waals surface area contributed by atoms with Crippen LogP contribution in [0.3, 0.4) is 0 Å². The molecule has 20 heavy (non-hydrogen) atoms. The molecule has 0 heterocycles.